The molecule has 0 fully saturated rings. The molecule has 0 saturated heterocycles. The van der Waals surface area contributed by atoms with Gasteiger partial charge in [0.25, 0.3) is 5.91 Å². The summed E-state index contributed by atoms with van der Waals surface area (Å²) in [6.07, 6.45) is 0. The molecule has 4 rings (SSSR count). The summed E-state index contributed by atoms with van der Waals surface area (Å²) >= 11 is 6.22. The predicted octanol–water partition coefficient (Wildman–Crippen LogP) is 6.84. The van der Waals surface area contributed by atoms with Crippen molar-refractivity contribution < 1.29 is 9.53 Å². The van der Waals surface area contributed by atoms with E-state index in [1.54, 1.807) is 12.1 Å². The monoisotopic (exact) mass is 413 g/mol. The Labute approximate surface area is 180 Å². The Morgan fingerprint density at radius 3 is 2.27 bits per heavy atom. The maximum Gasteiger partial charge on any atom is 0.259 e. The molecule has 0 aliphatic heterocycles. The minimum absolute atomic E-state index is 0.229. The van der Waals surface area contributed by atoms with Crippen LogP contribution in [0.1, 0.15) is 15.9 Å². The van der Waals surface area contributed by atoms with Gasteiger partial charge in [0.05, 0.1) is 5.56 Å². The van der Waals surface area contributed by atoms with E-state index >= 15 is 0 Å². The summed E-state index contributed by atoms with van der Waals surface area (Å²) in [5.41, 5.74) is 4.07. The first-order chi connectivity index (χ1) is 14.7. The summed E-state index contributed by atoms with van der Waals surface area (Å²) in [4.78, 5) is 13.1. The zero-order chi connectivity index (χ0) is 20.8. The lowest BCUT2D eigenvalue weighted by Gasteiger charge is -2.14. The van der Waals surface area contributed by atoms with Crippen molar-refractivity contribution in [3.05, 3.63) is 119 Å². The first-order valence-corrected chi connectivity index (χ1v) is 10.0. The highest BCUT2D eigenvalue weighted by atomic mass is 35.5. The number of hydrogen-bond donors (Lipinski definition) is 1. The Kier molecular flexibility index (Phi) is 6.11. The fraction of sp³-hybridized carbons (Fsp3) is 0.0385. The van der Waals surface area contributed by atoms with Gasteiger partial charge in [-0.05, 0) is 29.8 Å². The van der Waals surface area contributed by atoms with Crippen LogP contribution in [0.25, 0.3) is 11.1 Å². The highest BCUT2D eigenvalue weighted by Gasteiger charge is 2.15. The maximum atomic E-state index is 13.1. The third kappa shape index (κ3) is 4.53. The number of ether oxygens (including phenoxy) is 1. The molecule has 0 aliphatic carbocycles. The number of amides is 1. The van der Waals surface area contributed by atoms with E-state index in [1.807, 2.05) is 91.0 Å². The smallest absolute Gasteiger partial charge is 0.259 e. The molecule has 4 heteroatoms. The fourth-order valence-corrected chi connectivity index (χ4v) is 3.39. The summed E-state index contributed by atoms with van der Waals surface area (Å²) in [7, 11) is 0. The average molecular weight is 414 g/mol. The molecule has 0 bridgehead atoms. The molecule has 30 heavy (non-hydrogen) atoms. The lowest BCUT2D eigenvalue weighted by molar-refractivity contribution is 0.102. The van der Waals surface area contributed by atoms with Gasteiger partial charge in [0.2, 0.25) is 0 Å². The summed E-state index contributed by atoms with van der Waals surface area (Å²) in [6, 6.07) is 32.4. The predicted molar refractivity (Wildman–Crippen MR) is 122 cm³/mol. The SMILES string of the molecule is O=C(Nc1ccccc1-c1ccccc1)c1ccccc1OCc1ccccc1Cl. The molecule has 4 aromatic rings. The maximum absolute atomic E-state index is 13.1. The van der Waals surface area contributed by atoms with Gasteiger partial charge in [-0.25, -0.2) is 0 Å². The van der Waals surface area contributed by atoms with Gasteiger partial charge in [-0.1, -0.05) is 90.5 Å². The quantitative estimate of drug-likeness (QED) is 0.376. The summed E-state index contributed by atoms with van der Waals surface area (Å²) in [5.74, 6) is 0.278. The minimum Gasteiger partial charge on any atom is -0.488 e. The van der Waals surface area contributed by atoms with Crippen LogP contribution in [0.3, 0.4) is 0 Å². The van der Waals surface area contributed by atoms with Crippen LogP contribution in [0.4, 0.5) is 5.69 Å². The van der Waals surface area contributed by atoms with Crippen molar-refractivity contribution in [2.45, 2.75) is 6.61 Å². The van der Waals surface area contributed by atoms with Crippen LogP contribution in [0.15, 0.2) is 103 Å². The van der Waals surface area contributed by atoms with Crippen molar-refractivity contribution >= 4 is 23.2 Å². The lowest BCUT2D eigenvalue weighted by atomic mass is 10.0. The van der Waals surface area contributed by atoms with E-state index in [-0.39, 0.29) is 12.5 Å². The molecular weight excluding hydrogens is 394 g/mol. The Balaban J connectivity index is 1.56. The van der Waals surface area contributed by atoms with Crippen molar-refractivity contribution in [3.63, 3.8) is 0 Å². The number of halogens is 1. The lowest BCUT2D eigenvalue weighted by Crippen LogP contribution is -2.14. The molecule has 0 radical (unpaired) electrons. The zero-order valence-corrected chi connectivity index (χ0v) is 17.0. The van der Waals surface area contributed by atoms with E-state index < -0.39 is 0 Å². The van der Waals surface area contributed by atoms with E-state index in [2.05, 4.69) is 5.32 Å². The van der Waals surface area contributed by atoms with Crippen LogP contribution < -0.4 is 10.1 Å². The van der Waals surface area contributed by atoms with Crippen LogP contribution in [0.5, 0.6) is 5.75 Å². The number of hydrogen-bond acceptors (Lipinski definition) is 2. The molecule has 148 valence electrons. The van der Waals surface area contributed by atoms with E-state index in [0.29, 0.717) is 16.3 Å². The molecule has 0 saturated carbocycles. The van der Waals surface area contributed by atoms with Crippen molar-refractivity contribution in [2.75, 3.05) is 5.32 Å². The second-order valence-electron chi connectivity index (χ2n) is 6.74. The Morgan fingerprint density at radius 1 is 0.767 bits per heavy atom. The second-order valence-corrected chi connectivity index (χ2v) is 7.15. The first kappa shape index (κ1) is 19.7. The number of anilines is 1. The molecular formula is C26H20ClNO2. The van der Waals surface area contributed by atoms with E-state index in [9.17, 15) is 4.79 Å². The van der Waals surface area contributed by atoms with Crippen LogP contribution in [0, 0.1) is 0 Å². The highest BCUT2D eigenvalue weighted by molar-refractivity contribution is 6.31. The van der Waals surface area contributed by atoms with Gasteiger partial charge in [-0.2, -0.15) is 0 Å². The highest BCUT2D eigenvalue weighted by Crippen LogP contribution is 2.29. The minimum atomic E-state index is -0.229. The van der Waals surface area contributed by atoms with E-state index in [1.165, 1.54) is 0 Å². The Morgan fingerprint density at radius 2 is 1.43 bits per heavy atom. The number of carbonyl (C=O) groups is 1. The summed E-state index contributed by atoms with van der Waals surface area (Å²) in [5, 5.41) is 3.67. The van der Waals surface area contributed by atoms with E-state index in [4.69, 9.17) is 16.3 Å². The molecule has 0 atom stereocenters. The summed E-state index contributed by atoms with van der Waals surface area (Å²) in [6.45, 7) is 0.282. The third-order valence-electron chi connectivity index (χ3n) is 4.73. The normalized spacial score (nSPS) is 10.4. The number of benzene rings is 4. The van der Waals surface area contributed by atoms with Crippen LogP contribution in [0.2, 0.25) is 5.02 Å². The van der Waals surface area contributed by atoms with Crippen molar-refractivity contribution in [1.29, 1.82) is 0 Å². The molecule has 3 nitrogen and oxygen atoms in total. The number of nitrogens with one attached hydrogen (secondary N) is 1. The average Bonchev–Trinajstić information content (AvgIpc) is 2.80. The molecule has 0 heterocycles. The largest absolute Gasteiger partial charge is 0.488 e. The molecule has 1 N–H and O–H groups in total. The molecule has 0 aliphatic rings. The number of carbonyl (C=O) groups excluding carboxylic acids is 1. The van der Waals surface area contributed by atoms with Crippen LogP contribution in [-0.4, -0.2) is 5.91 Å². The third-order valence-corrected chi connectivity index (χ3v) is 5.10. The van der Waals surface area contributed by atoms with E-state index in [0.717, 1.165) is 22.4 Å². The van der Waals surface area contributed by atoms with Gasteiger partial charge in [-0.3, -0.25) is 4.79 Å². The van der Waals surface area contributed by atoms with Crippen LogP contribution in [-0.2, 0) is 6.61 Å². The molecule has 0 aromatic heterocycles. The molecule has 0 spiro atoms. The van der Waals surface area contributed by atoms with Crippen molar-refractivity contribution in [3.8, 4) is 16.9 Å². The second kappa shape index (κ2) is 9.29. The summed E-state index contributed by atoms with van der Waals surface area (Å²) < 4.78 is 5.93. The van der Waals surface area contributed by atoms with Crippen molar-refractivity contribution in [1.82, 2.24) is 0 Å². The first-order valence-electron chi connectivity index (χ1n) is 9.63. The zero-order valence-electron chi connectivity index (χ0n) is 16.2. The Hall–Kier alpha value is -3.56. The Bertz CT molecular complexity index is 1160. The molecule has 1 amide bonds. The van der Waals surface area contributed by atoms with Gasteiger partial charge in [-0.15, -0.1) is 0 Å². The fourth-order valence-electron chi connectivity index (χ4n) is 3.20. The standard InChI is InChI=1S/C26H20ClNO2/c27-23-15-7-4-12-20(23)18-30-25-17-9-6-14-22(25)26(29)28-24-16-8-5-13-21(24)19-10-2-1-3-11-19/h1-17H,18H2,(H,28,29). The van der Waals surface area contributed by atoms with Gasteiger partial charge in [0.15, 0.2) is 0 Å². The number of rotatable bonds is 6. The van der Waals surface area contributed by atoms with Gasteiger partial charge >= 0.3 is 0 Å². The van der Waals surface area contributed by atoms with Gasteiger partial charge in [0.1, 0.15) is 12.4 Å². The molecule has 0 unspecified atom stereocenters. The van der Waals surface area contributed by atoms with Gasteiger partial charge in [0, 0.05) is 21.8 Å². The van der Waals surface area contributed by atoms with Crippen LogP contribution >= 0.6 is 11.6 Å². The topological polar surface area (TPSA) is 38.3 Å². The van der Waals surface area contributed by atoms with Crippen molar-refractivity contribution in [2.24, 2.45) is 0 Å². The number of para-hydroxylation sites is 2. The molecule has 4 aromatic carbocycles. The van der Waals surface area contributed by atoms with Gasteiger partial charge < -0.3 is 10.1 Å².